The van der Waals surface area contributed by atoms with Crippen molar-refractivity contribution in [3.63, 3.8) is 0 Å². The van der Waals surface area contributed by atoms with Crippen molar-refractivity contribution in [1.82, 2.24) is 14.8 Å². The maximum atomic E-state index is 11.6. The summed E-state index contributed by atoms with van der Waals surface area (Å²) in [5.41, 5.74) is 8.37. The third-order valence-electron chi connectivity index (χ3n) is 6.85. The second-order valence-electron chi connectivity index (χ2n) is 8.97. The molecule has 0 bridgehead atoms. The number of fused-ring (bicyclic) bond motifs is 2. The summed E-state index contributed by atoms with van der Waals surface area (Å²) in [5, 5.41) is 15.4. The number of allylic oxidation sites excluding steroid dienone is 1. The number of aromatic nitrogens is 3. The second kappa shape index (κ2) is 7.30. The van der Waals surface area contributed by atoms with Gasteiger partial charge in [-0.25, -0.2) is 4.79 Å². The molecule has 0 spiro atoms. The van der Waals surface area contributed by atoms with E-state index in [1.807, 2.05) is 17.8 Å². The Balaban J connectivity index is 1.33. The van der Waals surface area contributed by atoms with Crippen molar-refractivity contribution in [3.8, 4) is 0 Å². The molecule has 2 aliphatic carbocycles. The van der Waals surface area contributed by atoms with Gasteiger partial charge in [0.25, 0.3) is 0 Å². The number of carbonyl (C=O) groups is 1. The number of anilines is 2. The largest absolute Gasteiger partial charge is 0.478 e. The number of rotatable bonds is 5. The minimum atomic E-state index is -0.924. The van der Waals surface area contributed by atoms with Crippen LogP contribution in [0.4, 0.5) is 11.4 Å². The molecule has 0 saturated heterocycles. The van der Waals surface area contributed by atoms with E-state index in [0.29, 0.717) is 12.0 Å². The molecule has 6 nitrogen and oxygen atoms in total. The lowest BCUT2D eigenvalue weighted by Gasteiger charge is -2.20. The maximum Gasteiger partial charge on any atom is 0.336 e. The molecule has 6 rings (SSSR count). The number of carboxylic acid groups (broad SMARTS) is 1. The summed E-state index contributed by atoms with van der Waals surface area (Å²) in [7, 11) is 4.03. The fourth-order valence-corrected chi connectivity index (χ4v) is 4.81. The van der Waals surface area contributed by atoms with Gasteiger partial charge in [-0.05, 0) is 77.9 Å². The number of carboxylic acids is 1. The van der Waals surface area contributed by atoms with Crippen LogP contribution >= 0.6 is 0 Å². The Kier molecular flexibility index (Phi) is 4.37. The highest BCUT2D eigenvalue weighted by molar-refractivity contribution is 6.01. The smallest absolute Gasteiger partial charge is 0.336 e. The number of hydrogen-bond acceptors (Lipinski definition) is 4. The van der Waals surface area contributed by atoms with E-state index >= 15 is 0 Å². The molecular weight excluding hydrogens is 412 g/mol. The van der Waals surface area contributed by atoms with Crippen LogP contribution in [0.15, 0.2) is 54.7 Å². The van der Waals surface area contributed by atoms with Crippen LogP contribution in [0.1, 0.15) is 51.6 Å². The lowest BCUT2D eigenvalue weighted by molar-refractivity contribution is 0.0695. The van der Waals surface area contributed by atoms with Gasteiger partial charge in [0, 0.05) is 43.5 Å². The van der Waals surface area contributed by atoms with Gasteiger partial charge in [-0.3, -0.25) is 9.67 Å². The quantitative estimate of drug-likeness (QED) is 0.453. The number of benzene rings is 2. The topological polar surface area (TPSA) is 71.2 Å². The average molecular weight is 437 g/mol. The molecule has 0 amide bonds. The van der Waals surface area contributed by atoms with Crippen molar-refractivity contribution >= 4 is 39.9 Å². The molecule has 0 atom stereocenters. The number of pyridine rings is 1. The molecule has 6 heteroatoms. The second-order valence-corrected chi connectivity index (χ2v) is 8.97. The van der Waals surface area contributed by atoms with Crippen LogP contribution in [0.2, 0.25) is 0 Å². The highest BCUT2D eigenvalue weighted by atomic mass is 16.4. The van der Waals surface area contributed by atoms with E-state index in [1.54, 1.807) is 12.3 Å². The molecule has 2 aromatic heterocycles. The highest BCUT2D eigenvalue weighted by Gasteiger charge is 2.25. The van der Waals surface area contributed by atoms with Gasteiger partial charge < -0.3 is 10.0 Å². The summed E-state index contributed by atoms with van der Waals surface area (Å²) in [6.45, 7) is 0. The number of hydrogen-bond donors (Lipinski definition) is 1. The molecule has 2 heterocycles. The summed E-state index contributed by atoms with van der Waals surface area (Å²) in [5.74, 6) is -0.168. The minimum absolute atomic E-state index is 0.308. The van der Waals surface area contributed by atoms with Crippen LogP contribution in [0.3, 0.4) is 0 Å². The van der Waals surface area contributed by atoms with E-state index in [2.05, 4.69) is 59.4 Å². The average Bonchev–Trinajstić information content (AvgIpc) is 3.51. The summed E-state index contributed by atoms with van der Waals surface area (Å²) in [4.78, 5) is 18.2. The van der Waals surface area contributed by atoms with Gasteiger partial charge >= 0.3 is 5.97 Å². The van der Waals surface area contributed by atoms with Crippen molar-refractivity contribution < 1.29 is 9.90 Å². The van der Waals surface area contributed by atoms with Crippen molar-refractivity contribution in [1.29, 1.82) is 0 Å². The molecule has 1 N–H and O–H groups in total. The van der Waals surface area contributed by atoms with Gasteiger partial charge in [-0.1, -0.05) is 12.1 Å². The fourth-order valence-electron chi connectivity index (χ4n) is 4.81. The third kappa shape index (κ3) is 3.30. The van der Waals surface area contributed by atoms with Gasteiger partial charge in [0.1, 0.15) is 0 Å². The SMILES string of the molecule is CN(c1ccc(C2CC2)cc1)c1ccc2c(C3=Cc4nccc(C(=O)O)c4C3)nn(C)c2c1. The Labute approximate surface area is 191 Å². The summed E-state index contributed by atoms with van der Waals surface area (Å²) >= 11 is 0. The summed E-state index contributed by atoms with van der Waals surface area (Å²) < 4.78 is 1.90. The molecule has 33 heavy (non-hydrogen) atoms. The van der Waals surface area contributed by atoms with Gasteiger partial charge in [-0.2, -0.15) is 5.10 Å². The van der Waals surface area contributed by atoms with Crippen molar-refractivity contribution in [3.05, 3.63) is 82.8 Å². The first-order valence-corrected chi connectivity index (χ1v) is 11.2. The first-order chi connectivity index (χ1) is 16.0. The van der Waals surface area contributed by atoms with Gasteiger partial charge in [0.05, 0.1) is 22.5 Å². The predicted molar refractivity (Wildman–Crippen MR) is 130 cm³/mol. The lowest BCUT2D eigenvalue weighted by Crippen LogP contribution is -2.09. The van der Waals surface area contributed by atoms with E-state index in [-0.39, 0.29) is 0 Å². The Morgan fingerprint density at radius 3 is 2.58 bits per heavy atom. The zero-order valence-corrected chi connectivity index (χ0v) is 18.6. The van der Waals surface area contributed by atoms with Crippen LogP contribution in [0.5, 0.6) is 0 Å². The maximum absolute atomic E-state index is 11.6. The fraction of sp³-hybridized carbons (Fsp3) is 0.222. The monoisotopic (exact) mass is 436 g/mol. The molecule has 0 unspecified atom stereocenters. The Hall–Kier alpha value is -3.93. The highest BCUT2D eigenvalue weighted by Crippen LogP contribution is 2.41. The molecule has 1 fully saturated rings. The molecule has 4 aromatic rings. The van der Waals surface area contributed by atoms with Crippen LogP contribution in [-0.2, 0) is 13.5 Å². The predicted octanol–water partition coefficient (Wildman–Crippen LogP) is 5.41. The van der Waals surface area contributed by atoms with Crippen molar-refractivity contribution in [2.24, 2.45) is 7.05 Å². The van der Waals surface area contributed by atoms with Gasteiger partial charge in [0.2, 0.25) is 0 Å². The van der Waals surface area contributed by atoms with Crippen molar-refractivity contribution in [2.45, 2.75) is 25.2 Å². The lowest BCUT2D eigenvalue weighted by atomic mass is 10.0. The van der Waals surface area contributed by atoms with Gasteiger partial charge in [0.15, 0.2) is 0 Å². The third-order valence-corrected chi connectivity index (χ3v) is 6.85. The molecule has 0 radical (unpaired) electrons. The Bertz CT molecular complexity index is 1450. The normalized spacial score (nSPS) is 14.9. The van der Waals surface area contributed by atoms with Gasteiger partial charge in [-0.15, -0.1) is 0 Å². The van der Waals surface area contributed by atoms with E-state index in [1.165, 1.54) is 18.4 Å². The molecular formula is C27H24N4O2. The molecule has 2 aromatic carbocycles. The van der Waals surface area contributed by atoms with Crippen LogP contribution in [0, 0.1) is 0 Å². The zero-order valence-electron chi connectivity index (χ0n) is 18.6. The number of aryl methyl sites for hydroxylation is 1. The summed E-state index contributed by atoms with van der Waals surface area (Å²) in [6, 6.07) is 16.8. The first kappa shape index (κ1) is 19.7. The van der Waals surface area contributed by atoms with Crippen LogP contribution < -0.4 is 4.90 Å². The van der Waals surface area contributed by atoms with E-state index in [4.69, 9.17) is 5.10 Å². The zero-order chi connectivity index (χ0) is 22.7. The Morgan fingerprint density at radius 2 is 1.85 bits per heavy atom. The van der Waals surface area contributed by atoms with E-state index < -0.39 is 5.97 Å². The summed E-state index contributed by atoms with van der Waals surface area (Å²) in [6.07, 6.45) is 6.65. The number of nitrogens with zero attached hydrogens (tertiary/aromatic N) is 4. The van der Waals surface area contributed by atoms with E-state index in [0.717, 1.165) is 50.7 Å². The molecule has 1 saturated carbocycles. The first-order valence-electron chi connectivity index (χ1n) is 11.2. The molecule has 164 valence electrons. The number of aromatic carboxylic acids is 1. The molecule has 0 aliphatic heterocycles. The van der Waals surface area contributed by atoms with E-state index in [9.17, 15) is 9.90 Å². The minimum Gasteiger partial charge on any atom is -0.478 e. The van der Waals surface area contributed by atoms with Crippen LogP contribution in [0.25, 0.3) is 22.6 Å². The standard InChI is InChI=1S/C27H24N4O2/c1-30(19-7-5-17(6-8-19)16-3-4-16)20-9-10-22-25(15-20)31(2)29-26(22)18-13-23-21(27(32)33)11-12-28-24(23)14-18/h5-12,14-16H,3-4,13H2,1-2H3,(H,32,33). The van der Waals surface area contributed by atoms with Crippen LogP contribution in [-0.4, -0.2) is 32.9 Å². The Morgan fingerprint density at radius 1 is 1.09 bits per heavy atom. The van der Waals surface area contributed by atoms with Crippen molar-refractivity contribution in [2.75, 3.05) is 11.9 Å². The molecule has 2 aliphatic rings.